The van der Waals surface area contributed by atoms with Crippen LogP contribution in [0.15, 0.2) is 18.2 Å². The van der Waals surface area contributed by atoms with E-state index in [1.54, 1.807) is 7.11 Å². The van der Waals surface area contributed by atoms with Crippen LogP contribution in [0.1, 0.15) is 36.8 Å². The van der Waals surface area contributed by atoms with E-state index >= 15 is 0 Å². The first-order valence-corrected chi connectivity index (χ1v) is 7.86. The van der Waals surface area contributed by atoms with Crippen LogP contribution in [0.5, 0.6) is 5.75 Å². The molecule has 18 heavy (non-hydrogen) atoms. The van der Waals surface area contributed by atoms with Gasteiger partial charge in [0, 0.05) is 6.04 Å². The number of hydrogen-bond donors (Lipinski definition) is 1. The highest BCUT2D eigenvalue weighted by Crippen LogP contribution is 2.33. The molecule has 1 aromatic rings. The van der Waals surface area contributed by atoms with Gasteiger partial charge in [0.15, 0.2) is 0 Å². The third-order valence-electron chi connectivity index (χ3n) is 3.54. The standard InChI is InChI=1S/C15H23NOS/c1-11(16)9-14-10-13(3-4-15(14)17-2)12-5-7-18-8-6-12/h3-4,10-12H,5-9,16H2,1-2H3. The maximum atomic E-state index is 5.92. The van der Waals surface area contributed by atoms with E-state index < -0.39 is 0 Å². The first-order chi connectivity index (χ1) is 8.70. The summed E-state index contributed by atoms with van der Waals surface area (Å²) in [6, 6.07) is 6.82. The maximum absolute atomic E-state index is 5.92. The van der Waals surface area contributed by atoms with Gasteiger partial charge in [-0.05, 0) is 60.8 Å². The van der Waals surface area contributed by atoms with Gasteiger partial charge in [-0.2, -0.15) is 11.8 Å². The molecule has 0 saturated carbocycles. The number of methoxy groups -OCH3 is 1. The van der Waals surface area contributed by atoms with Crippen molar-refractivity contribution in [2.24, 2.45) is 5.73 Å². The fourth-order valence-corrected chi connectivity index (χ4v) is 3.70. The summed E-state index contributed by atoms with van der Waals surface area (Å²) in [5.41, 5.74) is 8.64. The Balaban J connectivity index is 2.20. The summed E-state index contributed by atoms with van der Waals surface area (Å²) in [7, 11) is 1.73. The molecule has 0 radical (unpaired) electrons. The second-order valence-corrected chi connectivity index (χ2v) is 6.36. The lowest BCUT2D eigenvalue weighted by atomic mass is 9.91. The molecule has 1 saturated heterocycles. The molecule has 1 heterocycles. The molecular weight excluding hydrogens is 242 g/mol. The summed E-state index contributed by atoms with van der Waals surface area (Å²) >= 11 is 2.07. The van der Waals surface area contributed by atoms with Crippen molar-refractivity contribution < 1.29 is 4.74 Å². The number of nitrogens with two attached hydrogens (primary N) is 1. The van der Waals surface area contributed by atoms with Crippen LogP contribution < -0.4 is 10.5 Å². The van der Waals surface area contributed by atoms with E-state index in [-0.39, 0.29) is 6.04 Å². The van der Waals surface area contributed by atoms with E-state index in [0.29, 0.717) is 0 Å². The quantitative estimate of drug-likeness (QED) is 0.908. The second-order valence-electron chi connectivity index (χ2n) is 5.14. The first-order valence-electron chi connectivity index (χ1n) is 6.71. The zero-order valence-corrected chi connectivity index (χ0v) is 12.1. The molecule has 1 aliphatic heterocycles. The lowest BCUT2D eigenvalue weighted by Gasteiger charge is -2.23. The highest BCUT2D eigenvalue weighted by atomic mass is 32.2. The SMILES string of the molecule is COc1ccc(C2CCSCC2)cc1CC(C)N. The van der Waals surface area contributed by atoms with Gasteiger partial charge in [-0.25, -0.2) is 0 Å². The van der Waals surface area contributed by atoms with Crippen LogP contribution in [0.2, 0.25) is 0 Å². The molecule has 2 N–H and O–H groups in total. The molecule has 0 aliphatic carbocycles. The molecule has 1 aromatic carbocycles. The molecule has 3 heteroatoms. The van der Waals surface area contributed by atoms with Crippen LogP contribution in [0.25, 0.3) is 0 Å². The molecule has 100 valence electrons. The van der Waals surface area contributed by atoms with Crippen LogP contribution in [-0.2, 0) is 6.42 Å². The molecule has 0 spiro atoms. The van der Waals surface area contributed by atoms with Crippen molar-refractivity contribution in [1.29, 1.82) is 0 Å². The molecule has 2 rings (SSSR count). The van der Waals surface area contributed by atoms with Crippen LogP contribution >= 0.6 is 11.8 Å². The van der Waals surface area contributed by atoms with Crippen molar-refractivity contribution >= 4 is 11.8 Å². The van der Waals surface area contributed by atoms with Gasteiger partial charge in [0.2, 0.25) is 0 Å². The highest BCUT2D eigenvalue weighted by molar-refractivity contribution is 7.99. The summed E-state index contributed by atoms with van der Waals surface area (Å²) in [5.74, 6) is 4.28. The summed E-state index contributed by atoms with van der Waals surface area (Å²) in [5, 5.41) is 0. The minimum absolute atomic E-state index is 0.177. The number of hydrogen-bond acceptors (Lipinski definition) is 3. The fourth-order valence-electron chi connectivity index (χ4n) is 2.59. The Hall–Kier alpha value is -0.670. The Labute approximate surface area is 114 Å². The second kappa shape index (κ2) is 6.48. The van der Waals surface area contributed by atoms with Crippen molar-refractivity contribution in [3.8, 4) is 5.75 Å². The Kier molecular flexibility index (Phi) is 4.95. The molecule has 0 aromatic heterocycles. The van der Waals surface area contributed by atoms with E-state index in [0.717, 1.165) is 18.1 Å². The summed E-state index contributed by atoms with van der Waals surface area (Å²) < 4.78 is 5.43. The molecule has 1 fully saturated rings. The highest BCUT2D eigenvalue weighted by Gasteiger charge is 2.17. The summed E-state index contributed by atoms with van der Waals surface area (Å²) in [6.07, 6.45) is 3.49. The number of benzene rings is 1. The van der Waals surface area contributed by atoms with Gasteiger partial charge in [0.1, 0.15) is 5.75 Å². The Morgan fingerprint density at radius 3 is 2.72 bits per heavy atom. The molecule has 0 bridgehead atoms. The molecule has 1 aliphatic rings. The zero-order chi connectivity index (χ0) is 13.0. The van der Waals surface area contributed by atoms with E-state index in [4.69, 9.17) is 10.5 Å². The molecular formula is C15H23NOS. The predicted molar refractivity (Wildman–Crippen MR) is 79.6 cm³/mol. The van der Waals surface area contributed by atoms with Crippen molar-refractivity contribution in [3.05, 3.63) is 29.3 Å². The van der Waals surface area contributed by atoms with Gasteiger partial charge in [0.25, 0.3) is 0 Å². The molecule has 1 unspecified atom stereocenters. The van der Waals surface area contributed by atoms with Gasteiger partial charge in [-0.3, -0.25) is 0 Å². The van der Waals surface area contributed by atoms with Crippen LogP contribution in [0, 0.1) is 0 Å². The van der Waals surface area contributed by atoms with E-state index in [2.05, 4.69) is 30.0 Å². The average Bonchev–Trinajstić information content (AvgIpc) is 2.39. The van der Waals surface area contributed by atoms with Crippen LogP contribution in [0.4, 0.5) is 0 Å². The summed E-state index contributed by atoms with van der Waals surface area (Å²) in [4.78, 5) is 0. The minimum atomic E-state index is 0.177. The lowest BCUT2D eigenvalue weighted by Crippen LogP contribution is -2.18. The van der Waals surface area contributed by atoms with Gasteiger partial charge >= 0.3 is 0 Å². The van der Waals surface area contributed by atoms with Crippen LogP contribution in [0.3, 0.4) is 0 Å². The van der Waals surface area contributed by atoms with Gasteiger partial charge in [-0.1, -0.05) is 12.1 Å². The molecule has 2 nitrogen and oxygen atoms in total. The fraction of sp³-hybridized carbons (Fsp3) is 0.600. The van der Waals surface area contributed by atoms with Crippen molar-refractivity contribution in [3.63, 3.8) is 0 Å². The third-order valence-corrected chi connectivity index (χ3v) is 4.59. The number of ether oxygens (including phenoxy) is 1. The number of rotatable bonds is 4. The van der Waals surface area contributed by atoms with Crippen molar-refractivity contribution in [2.75, 3.05) is 18.6 Å². The van der Waals surface area contributed by atoms with Crippen molar-refractivity contribution in [2.45, 2.75) is 38.1 Å². The lowest BCUT2D eigenvalue weighted by molar-refractivity contribution is 0.408. The Bertz CT molecular complexity index is 386. The minimum Gasteiger partial charge on any atom is -0.496 e. The van der Waals surface area contributed by atoms with E-state index in [9.17, 15) is 0 Å². The van der Waals surface area contributed by atoms with Gasteiger partial charge in [0.05, 0.1) is 7.11 Å². The topological polar surface area (TPSA) is 35.2 Å². The largest absolute Gasteiger partial charge is 0.496 e. The third kappa shape index (κ3) is 3.42. The van der Waals surface area contributed by atoms with Crippen molar-refractivity contribution in [1.82, 2.24) is 0 Å². The monoisotopic (exact) mass is 265 g/mol. The zero-order valence-electron chi connectivity index (χ0n) is 11.3. The molecule has 1 atom stereocenters. The number of thioether (sulfide) groups is 1. The van der Waals surface area contributed by atoms with Crippen LogP contribution in [-0.4, -0.2) is 24.7 Å². The average molecular weight is 265 g/mol. The van der Waals surface area contributed by atoms with E-state index in [1.165, 1.54) is 35.5 Å². The normalized spacial score (nSPS) is 18.6. The summed E-state index contributed by atoms with van der Waals surface area (Å²) in [6.45, 7) is 2.05. The maximum Gasteiger partial charge on any atom is 0.122 e. The molecule has 0 amide bonds. The smallest absolute Gasteiger partial charge is 0.122 e. The van der Waals surface area contributed by atoms with E-state index in [1.807, 2.05) is 6.92 Å². The predicted octanol–water partition coefficient (Wildman–Crippen LogP) is 3.20. The van der Waals surface area contributed by atoms with Gasteiger partial charge < -0.3 is 10.5 Å². The Morgan fingerprint density at radius 1 is 1.39 bits per heavy atom. The van der Waals surface area contributed by atoms with Gasteiger partial charge in [-0.15, -0.1) is 0 Å². The Morgan fingerprint density at radius 2 is 2.11 bits per heavy atom. The first kappa shape index (κ1) is 13.8.